The monoisotopic (exact) mass is 256 g/mol. The predicted molar refractivity (Wildman–Crippen MR) is 70.2 cm³/mol. The number of amides is 1. The molecule has 1 amide bonds. The molecule has 19 heavy (non-hydrogen) atoms. The highest BCUT2D eigenvalue weighted by atomic mass is 16.7. The van der Waals surface area contributed by atoms with Crippen LogP contribution in [-0.4, -0.2) is 11.9 Å². The molecule has 0 atom stereocenters. The number of nitrogens with two attached hydrogens (primary N) is 1. The fourth-order valence-electron chi connectivity index (χ4n) is 1.42. The van der Waals surface area contributed by atoms with Gasteiger partial charge in [0.15, 0.2) is 0 Å². The van der Waals surface area contributed by atoms with Crippen LogP contribution in [0.1, 0.15) is 20.7 Å². The van der Waals surface area contributed by atoms with Crippen molar-refractivity contribution < 1.29 is 14.4 Å². The average molecular weight is 256 g/mol. The van der Waals surface area contributed by atoms with Crippen molar-refractivity contribution >= 4 is 17.6 Å². The maximum atomic E-state index is 11.7. The molecule has 0 saturated carbocycles. The molecule has 2 aromatic rings. The normalized spacial score (nSPS) is 9.68. The van der Waals surface area contributed by atoms with Gasteiger partial charge in [0.25, 0.3) is 5.91 Å². The Morgan fingerprint density at radius 1 is 0.895 bits per heavy atom. The number of nitrogens with one attached hydrogen (secondary N) is 1. The zero-order chi connectivity index (χ0) is 13.7. The molecule has 0 spiro atoms. The molecule has 0 aliphatic heterocycles. The van der Waals surface area contributed by atoms with E-state index in [1.54, 1.807) is 54.6 Å². The van der Waals surface area contributed by atoms with Crippen LogP contribution in [0.15, 0.2) is 54.6 Å². The molecule has 0 aromatic heterocycles. The Bertz CT molecular complexity index is 579. The highest BCUT2D eigenvalue weighted by Crippen LogP contribution is 2.05. The lowest BCUT2D eigenvalue weighted by Crippen LogP contribution is -2.27. The van der Waals surface area contributed by atoms with Gasteiger partial charge in [-0.15, -0.1) is 0 Å². The van der Waals surface area contributed by atoms with Crippen molar-refractivity contribution in [1.82, 2.24) is 5.48 Å². The Morgan fingerprint density at radius 2 is 1.53 bits per heavy atom. The highest BCUT2D eigenvalue weighted by Gasteiger charge is 2.10. The van der Waals surface area contributed by atoms with E-state index >= 15 is 0 Å². The summed E-state index contributed by atoms with van der Waals surface area (Å²) in [5.74, 6) is -1.13. The van der Waals surface area contributed by atoms with Crippen molar-refractivity contribution in [1.29, 1.82) is 0 Å². The third-order valence-electron chi connectivity index (χ3n) is 2.42. The molecule has 0 heterocycles. The minimum absolute atomic E-state index is 0.357. The first-order valence-electron chi connectivity index (χ1n) is 5.59. The van der Waals surface area contributed by atoms with E-state index < -0.39 is 11.9 Å². The zero-order valence-electron chi connectivity index (χ0n) is 10.00. The van der Waals surface area contributed by atoms with Crippen molar-refractivity contribution in [3.05, 3.63) is 65.7 Å². The van der Waals surface area contributed by atoms with E-state index in [4.69, 9.17) is 10.6 Å². The third-order valence-corrected chi connectivity index (χ3v) is 2.42. The van der Waals surface area contributed by atoms with Gasteiger partial charge >= 0.3 is 5.97 Å². The van der Waals surface area contributed by atoms with Gasteiger partial charge in [-0.2, -0.15) is 5.48 Å². The Morgan fingerprint density at radius 3 is 2.16 bits per heavy atom. The first-order valence-corrected chi connectivity index (χ1v) is 5.59. The molecule has 2 aromatic carbocycles. The summed E-state index contributed by atoms with van der Waals surface area (Å²) >= 11 is 0. The molecule has 0 fully saturated rings. The SMILES string of the molecule is Nc1ccc(C(=O)NOC(=O)c2ccccc2)cc1. The van der Waals surface area contributed by atoms with Gasteiger partial charge in [-0.25, -0.2) is 4.79 Å². The van der Waals surface area contributed by atoms with E-state index in [0.29, 0.717) is 16.8 Å². The second-order valence-electron chi connectivity index (χ2n) is 3.81. The van der Waals surface area contributed by atoms with Crippen LogP contribution in [0.2, 0.25) is 0 Å². The van der Waals surface area contributed by atoms with Crippen LogP contribution in [0.5, 0.6) is 0 Å². The second-order valence-corrected chi connectivity index (χ2v) is 3.81. The number of carbonyl (C=O) groups is 2. The van der Waals surface area contributed by atoms with Gasteiger partial charge in [0.2, 0.25) is 0 Å². The summed E-state index contributed by atoms with van der Waals surface area (Å²) in [6, 6.07) is 14.7. The third kappa shape index (κ3) is 3.32. The Kier molecular flexibility index (Phi) is 3.78. The lowest BCUT2D eigenvalue weighted by atomic mass is 10.2. The van der Waals surface area contributed by atoms with Gasteiger partial charge in [-0.1, -0.05) is 18.2 Å². The number of nitrogen functional groups attached to an aromatic ring is 1. The number of anilines is 1. The highest BCUT2D eigenvalue weighted by molar-refractivity contribution is 5.96. The summed E-state index contributed by atoms with van der Waals surface area (Å²) in [7, 11) is 0. The summed E-state index contributed by atoms with van der Waals surface area (Å²) < 4.78 is 0. The van der Waals surface area contributed by atoms with Crippen LogP contribution in [-0.2, 0) is 4.84 Å². The number of benzene rings is 2. The maximum absolute atomic E-state index is 11.7. The lowest BCUT2D eigenvalue weighted by molar-refractivity contribution is 0.0230. The molecule has 0 unspecified atom stereocenters. The summed E-state index contributed by atoms with van der Waals surface area (Å²) in [6.07, 6.45) is 0. The first-order chi connectivity index (χ1) is 9.16. The molecule has 96 valence electrons. The van der Waals surface area contributed by atoms with Gasteiger partial charge in [0, 0.05) is 11.3 Å². The van der Waals surface area contributed by atoms with Crippen molar-refractivity contribution in [2.24, 2.45) is 0 Å². The summed E-state index contributed by atoms with van der Waals surface area (Å²) in [5, 5.41) is 0. The van der Waals surface area contributed by atoms with E-state index in [1.807, 2.05) is 0 Å². The second kappa shape index (κ2) is 5.68. The van der Waals surface area contributed by atoms with Crippen molar-refractivity contribution in [2.75, 3.05) is 5.73 Å². The van der Waals surface area contributed by atoms with Crippen molar-refractivity contribution in [3.63, 3.8) is 0 Å². The molecule has 0 aliphatic carbocycles. The van der Waals surface area contributed by atoms with E-state index in [0.717, 1.165) is 0 Å². The Balaban J connectivity index is 1.94. The molecular weight excluding hydrogens is 244 g/mol. The van der Waals surface area contributed by atoms with Gasteiger partial charge in [0.05, 0.1) is 5.56 Å². The minimum Gasteiger partial charge on any atom is -0.399 e. The lowest BCUT2D eigenvalue weighted by Gasteiger charge is -2.05. The number of hydrogen-bond donors (Lipinski definition) is 2. The van der Waals surface area contributed by atoms with Crippen LogP contribution >= 0.6 is 0 Å². The molecule has 3 N–H and O–H groups in total. The molecule has 2 rings (SSSR count). The standard InChI is InChI=1S/C14H12N2O3/c15-12-8-6-10(7-9-12)13(17)16-19-14(18)11-4-2-1-3-5-11/h1-9H,15H2,(H,16,17). The number of carbonyl (C=O) groups excluding carboxylic acids is 2. The van der Waals surface area contributed by atoms with Gasteiger partial charge in [-0.05, 0) is 36.4 Å². The fourth-order valence-corrected chi connectivity index (χ4v) is 1.42. The molecule has 0 aliphatic rings. The van der Waals surface area contributed by atoms with E-state index in [2.05, 4.69) is 5.48 Å². The Labute approximate surface area is 109 Å². The quantitative estimate of drug-likeness (QED) is 0.633. The fraction of sp³-hybridized carbons (Fsp3) is 0. The summed E-state index contributed by atoms with van der Waals surface area (Å²) in [6.45, 7) is 0. The van der Waals surface area contributed by atoms with E-state index in [1.165, 1.54) is 0 Å². The van der Waals surface area contributed by atoms with Crippen LogP contribution in [0.25, 0.3) is 0 Å². The van der Waals surface area contributed by atoms with Crippen molar-refractivity contribution in [2.45, 2.75) is 0 Å². The molecule has 0 saturated heterocycles. The average Bonchev–Trinajstić information content (AvgIpc) is 2.46. The number of hydroxylamine groups is 1. The van der Waals surface area contributed by atoms with Crippen LogP contribution < -0.4 is 11.2 Å². The van der Waals surface area contributed by atoms with Crippen LogP contribution in [0.4, 0.5) is 5.69 Å². The van der Waals surface area contributed by atoms with Crippen LogP contribution in [0, 0.1) is 0 Å². The van der Waals surface area contributed by atoms with Crippen molar-refractivity contribution in [3.8, 4) is 0 Å². The molecule has 0 bridgehead atoms. The number of rotatable bonds is 2. The van der Waals surface area contributed by atoms with Crippen LogP contribution in [0.3, 0.4) is 0 Å². The largest absolute Gasteiger partial charge is 0.399 e. The molecular formula is C14H12N2O3. The maximum Gasteiger partial charge on any atom is 0.362 e. The van der Waals surface area contributed by atoms with Gasteiger partial charge < -0.3 is 10.6 Å². The summed E-state index contributed by atoms with van der Waals surface area (Å²) in [5.41, 5.74) is 8.87. The minimum atomic E-state index is -0.621. The number of hydrogen-bond acceptors (Lipinski definition) is 4. The molecule has 0 radical (unpaired) electrons. The van der Waals surface area contributed by atoms with Gasteiger partial charge in [0.1, 0.15) is 0 Å². The molecule has 5 nitrogen and oxygen atoms in total. The van der Waals surface area contributed by atoms with Gasteiger partial charge in [-0.3, -0.25) is 4.79 Å². The summed E-state index contributed by atoms with van der Waals surface area (Å²) in [4.78, 5) is 27.9. The van der Waals surface area contributed by atoms with E-state index in [-0.39, 0.29) is 0 Å². The zero-order valence-corrected chi connectivity index (χ0v) is 10.00. The first kappa shape index (κ1) is 12.6. The predicted octanol–water partition coefficient (Wildman–Crippen LogP) is 1.77. The smallest absolute Gasteiger partial charge is 0.362 e. The topological polar surface area (TPSA) is 81.4 Å². The molecule has 5 heteroatoms. The Hall–Kier alpha value is -2.82. The van der Waals surface area contributed by atoms with E-state index in [9.17, 15) is 9.59 Å².